The molecule has 108 valence electrons. The summed E-state index contributed by atoms with van der Waals surface area (Å²) in [5.74, 6) is 0.439. The van der Waals surface area contributed by atoms with Crippen LogP contribution in [0.5, 0.6) is 0 Å². The molecule has 0 bridgehead atoms. The van der Waals surface area contributed by atoms with Crippen molar-refractivity contribution in [3.63, 3.8) is 0 Å². The van der Waals surface area contributed by atoms with Gasteiger partial charge in [0.25, 0.3) is 0 Å². The Kier molecular flexibility index (Phi) is 7.10. The van der Waals surface area contributed by atoms with Gasteiger partial charge in [-0.3, -0.25) is 4.90 Å². The van der Waals surface area contributed by atoms with E-state index >= 15 is 0 Å². The Morgan fingerprint density at radius 1 is 1.28 bits per heavy atom. The largest absolute Gasteiger partial charge is 0.389 e. The van der Waals surface area contributed by atoms with Crippen molar-refractivity contribution in [2.24, 2.45) is 0 Å². The van der Waals surface area contributed by atoms with Gasteiger partial charge in [-0.1, -0.05) is 0 Å². The number of ether oxygens (including phenoxy) is 2. The van der Waals surface area contributed by atoms with Crippen LogP contribution in [-0.4, -0.2) is 82.6 Å². The van der Waals surface area contributed by atoms with Gasteiger partial charge in [-0.05, 0) is 13.0 Å². The summed E-state index contributed by atoms with van der Waals surface area (Å²) in [4.78, 5) is 1.98. The van der Waals surface area contributed by atoms with Crippen LogP contribution in [0.1, 0.15) is 6.42 Å². The predicted molar refractivity (Wildman–Crippen MR) is 68.4 cm³/mol. The van der Waals surface area contributed by atoms with Crippen LogP contribution in [0, 0.1) is 0 Å². The quantitative estimate of drug-likeness (QED) is 0.612. The van der Waals surface area contributed by atoms with Crippen molar-refractivity contribution in [1.82, 2.24) is 4.90 Å². The minimum Gasteiger partial charge on any atom is -0.389 e. The number of methoxy groups -OCH3 is 1. The Balaban J connectivity index is 2.21. The SMILES string of the molecule is COCCOCC(O)CN1CCCS(=O)(=O)CC1. The maximum Gasteiger partial charge on any atom is 0.151 e. The Hall–Kier alpha value is -0.210. The molecule has 0 saturated carbocycles. The van der Waals surface area contributed by atoms with Crippen LogP contribution in [0.4, 0.5) is 0 Å². The molecule has 7 heteroatoms. The summed E-state index contributed by atoms with van der Waals surface area (Å²) >= 11 is 0. The summed E-state index contributed by atoms with van der Waals surface area (Å²) in [5.41, 5.74) is 0. The maximum atomic E-state index is 11.4. The number of aliphatic hydroxyl groups excluding tert-OH is 1. The van der Waals surface area contributed by atoms with Crippen LogP contribution < -0.4 is 0 Å². The topological polar surface area (TPSA) is 76.1 Å². The molecule has 0 spiro atoms. The molecule has 1 fully saturated rings. The molecule has 6 nitrogen and oxygen atoms in total. The van der Waals surface area contributed by atoms with Gasteiger partial charge in [0.15, 0.2) is 9.84 Å². The lowest BCUT2D eigenvalue weighted by Crippen LogP contribution is -2.36. The van der Waals surface area contributed by atoms with Gasteiger partial charge in [-0.15, -0.1) is 0 Å². The number of β-amino-alcohol motifs (C(OH)–C–C–N with tert-alkyl or cyclic N) is 1. The highest BCUT2D eigenvalue weighted by molar-refractivity contribution is 7.91. The van der Waals surface area contributed by atoms with Gasteiger partial charge in [0.1, 0.15) is 0 Å². The fraction of sp³-hybridized carbons (Fsp3) is 1.00. The molecule has 0 radical (unpaired) electrons. The van der Waals surface area contributed by atoms with Crippen LogP contribution in [0.25, 0.3) is 0 Å². The summed E-state index contributed by atoms with van der Waals surface area (Å²) in [6.07, 6.45) is 0.0576. The minimum atomic E-state index is -2.88. The van der Waals surface area contributed by atoms with Crippen molar-refractivity contribution in [2.45, 2.75) is 12.5 Å². The summed E-state index contributed by atoms with van der Waals surface area (Å²) in [6.45, 7) is 2.90. The molecule has 1 aliphatic heterocycles. The third-order valence-electron chi connectivity index (χ3n) is 2.86. The van der Waals surface area contributed by atoms with Crippen LogP contribution in [-0.2, 0) is 19.3 Å². The zero-order chi connectivity index (χ0) is 13.4. The van der Waals surface area contributed by atoms with Gasteiger partial charge < -0.3 is 14.6 Å². The first kappa shape index (κ1) is 15.8. The van der Waals surface area contributed by atoms with E-state index in [1.807, 2.05) is 4.90 Å². The first-order valence-electron chi connectivity index (χ1n) is 6.21. The summed E-state index contributed by atoms with van der Waals surface area (Å²) in [6, 6.07) is 0. The summed E-state index contributed by atoms with van der Waals surface area (Å²) < 4.78 is 32.9. The minimum absolute atomic E-state index is 0.185. The standard InChI is InChI=1S/C11H23NO5S/c1-16-5-6-17-10-11(13)9-12-3-2-7-18(14,15)8-4-12/h11,13H,2-10H2,1H3. The van der Waals surface area contributed by atoms with Gasteiger partial charge in [0.2, 0.25) is 0 Å². The second-order valence-electron chi connectivity index (χ2n) is 4.53. The van der Waals surface area contributed by atoms with Gasteiger partial charge in [-0.2, -0.15) is 0 Å². The van der Waals surface area contributed by atoms with E-state index in [4.69, 9.17) is 9.47 Å². The van der Waals surface area contributed by atoms with E-state index in [2.05, 4.69) is 0 Å². The highest BCUT2D eigenvalue weighted by Gasteiger charge is 2.20. The lowest BCUT2D eigenvalue weighted by molar-refractivity contribution is 0.000364. The molecule has 1 heterocycles. The first-order chi connectivity index (χ1) is 8.53. The molecule has 0 aromatic rings. The molecule has 1 rings (SSSR count). The van der Waals surface area contributed by atoms with Crippen LogP contribution in [0.15, 0.2) is 0 Å². The normalized spacial score (nSPS) is 22.6. The Bertz CT molecular complexity index is 319. The van der Waals surface area contributed by atoms with Crippen molar-refractivity contribution in [3.05, 3.63) is 0 Å². The fourth-order valence-electron chi connectivity index (χ4n) is 1.89. The highest BCUT2D eigenvalue weighted by atomic mass is 32.2. The van der Waals surface area contributed by atoms with Crippen molar-refractivity contribution >= 4 is 9.84 Å². The summed E-state index contributed by atoms with van der Waals surface area (Å²) in [7, 11) is -1.29. The van der Waals surface area contributed by atoms with E-state index in [0.717, 1.165) is 0 Å². The number of sulfone groups is 1. The second-order valence-corrected chi connectivity index (χ2v) is 6.83. The van der Waals surface area contributed by atoms with Crippen LogP contribution >= 0.6 is 0 Å². The lowest BCUT2D eigenvalue weighted by Gasteiger charge is -2.22. The fourth-order valence-corrected chi connectivity index (χ4v) is 3.19. The molecule has 1 aliphatic rings. The average molecular weight is 281 g/mol. The Morgan fingerprint density at radius 3 is 2.78 bits per heavy atom. The number of rotatable bonds is 7. The molecule has 1 unspecified atom stereocenters. The van der Waals surface area contributed by atoms with Gasteiger partial charge in [0, 0.05) is 20.2 Å². The van der Waals surface area contributed by atoms with Gasteiger partial charge in [-0.25, -0.2) is 8.42 Å². The van der Waals surface area contributed by atoms with Crippen molar-refractivity contribution in [3.8, 4) is 0 Å². The molecule has 1 saturated heterocycles. The third-order valence-corrected chi connectivity index (χ3v) is 4.57. The molecule has 0 aromatic carbocycles. The second kappa shape index (κ2) is 8.06. The van der Waals surface area contributed by atoms with Crippen molar-refractivity contribution in [1.29, 1.82) is 0 Å². The van der Waals surface area contributed by atoms with Crippen molar-refractivity contribution in [2.75, 3.05) is 58.1 Å². The van der Waals surface area contributed by atoms with Crippen molar-refractivity contribution < 1.29 is 23.0 Å². The molecule has 1 N–H and O–H groups in total. The number of nitrogens with zero attached hydrogens (tertiary/aromatic N) is 1. The Morgan fingerprint density at radius 2 is 2.06 bits per heavy atom. The third kappa shape index (κ3) is 6.65. The number of aliphatic hydroxyl groups is 1. The molecule has 0 amide bonds. The molecule has 18 heavy (non-hydrogen) atoms. The Labute approximate surface area is 109 Å². The number of hydrogen-bond acceptors (Lipinski definition) is 6. The zero-order valence-electron chi connectivity index (χ0n) is 10.9. The smallest absolute Gasteiger partial charge is 0.151 e. The van der Waals surface area contributed by atoms with E-state index in [-0.39, 0.29) is 18.1 Å². The molecule has 0 aliphatic carbocycles. The highest BCUT2D eigenvalue weighted by Crippen LogP contribution is 2.05. The van der Waals surface area contributed by atoms with E-state index in [9.17, 15) is 13.5 Å². The number of hydrogen-bond donors (Lipinski definition) is 1. The maximum absolute atomic E-state index is 11.4. The predicted octanol–water partition coefficient (Wildman–Crippen LogP) is -0.869. The molecule has 1 atom stereocenters. The van der Waals surface area contributed by atoms with Crippen LogP contribution in [0.2, 0.25) is 0 Å². The lowest BCUT2D eigenvalue weighted by atomic mass is 10.3. The summed E-state index contributed by atoms with van der Waals surface area (Å²) in [5, 5.41) is 9.77. The van der Waals surface area contributed by atoms with E-state index in [0.29, 0.717) is 39.3 Å². The average Bonchev–Trinajstić information content (AvgIpc) is 2.47. The van der Waals surface area contributed by atoms with E-state index in [1.54, 1.807) is 7.11 Å². The molecular formula is C11H23NO5S. The van der Waals surface area contributed by atoms with E-state index < -0.39 is 15.9 Å². The van der Waals surface area contributed by atoms with Crippen LogP contribution in [0.3, 0.4) is 0 Å². The van der Waals surface area contributed by atoms with Gasteiger partial charge >= 0.3 is 0 Å². The zero-order valence-corrected chi connectivity index (χ0v) is 11.7. The monoisotopic (exact) mass is 281 g/mol. The van der Waals surface area contributed by atoms with E-state index in [1.165, 1.54) is 0 Å². The first-order valence-corrected chi connectivity index (χ1v) is 8.03. The molecular weight excluding hydrogens is 258 g/mol. The molecule has 0 aromatic heterocycles. The van der Waals surface area contributed by atoms with Gasteiger partial charge in [0.05, 0.1) is 37.4 Å².